The smallest absolute Gasteiger partial charge is 0.0467 e. The van der Waals surface area contributed by atoms with E-state index in [0.717, 1.165) is 30.6 Å². The van der Waals surface area contributed by atoms with Crippen LogP contribution in [0.25, 0.3) is 22.8 Å². The largest absolute Gasteiger partial charge is 0.311 e. The SMILES string of the molecule is C/C=C\C=C(/C)c1cc(N(C2=CCC(c3ccccc3)C=C2)c2ccc(-c3ccccc3)cc2)ccc1C/C=C\C(=C/C)C1CC=Cc2ccccc21. The maximum Gasteiger partial charge on any atom is 0.0467 e. The van der Waals surface area contributed by atoms with Crippen molar-refractivity contribution in [1.29, 1.82) is 0 Å². The van der Waals surface area contributed by atoms with Crippen LogP contribution in [0.2, 0.25) is 0 Å². The number of anilines is 2. The molecule has 0 aliphatic heterocycles. The summed E-state index contributed by atoms with van der Waals surface area (Å²) in [6.45, 7) is 6.48. The summed E-state index contributed by atoms with van der Waals surface area (Å²) in [7, 11) is 0. The van der Waals surface area contributed by atoms with Crippen molar-refractivity contribution in [3.63, 3.8) is 0 Å². The number of allylic oxidation sites excluding steroid dienone is 12. The minimum absolute atomic E-state index is 0.373. The van der Waals surface area contributed by atoms with Gasteiger partial charge in [-0.1, -0.05) is 164 Å². The van der Waals surface area contributed by atoms with Crippen molar-refractivity contribution in [2.75, 3.05) is 4.90 Å². The molecular formula is C52H49N. The Kier molecular flexibility index (Phi) is 11.4. The van der Waals surface area contributed by atoms with Gasteiger partial charge in [-0.3, -0.25) is 0 Å². The van der Waals surface area contributed by atoms with Crippen molar-refractivity contribution in [3.8, 4) is 11.1 Å². The second kappa shape index (κ2) is 17.1. The third-order valence-corrected chi connectivity index (χ3v) is 10.5. The summed E-state index contributed by atoms with van der Waals surface area (Å²) < 4.78 is 0. The quantitative estimate of drug-likeness (QED) is 0.125. The van der Waals surface area contributed by atoms with Crippen LogP contribution in [0.1, 0.15) is 73.3 Å². The van der Waals surface area contributed by atoms with Gasteiger partial charge in [0, 0.05) is 28.9 Å². The molecule has 53 heavy (non-hydrogen) atoms. The topological polar surface area (TPSA) is 3.24 Å². The van der Waals surface area contributed by atoms with Crippen LogP contribution in [0.15, 0.2) is 199 Å². The van der Waals surface area contributed by atoms with Crippen molar-refractivity contribution in [2.24, 2.45) is 0 Å². The summed E-state index contributed by atoms with van der Waals surface area (Å²) in [4.78, 5) is 2.42. The Morgan fingerprint density at radius 2 is 1.45 bits per heavy atom. The predicted octanol–water partition coefficient (Wildman–Crippen LogP) is 14.3. The number of rotatable bonds is 11. The van der Waals surface area contributed by atoms with Gasteiger partial charge in [0.15, 0.2) is 0 Å². The zero-order chi connectivity index (χ0) is 36.4. The molecule has 0 amide bonds. The van der Waals surface area contributed by atoms with Crippen LogP contribution in [-0.2, 0) is 6.42 Å². The van der Waals surface area contributed by atoms with Crippen LogP contribution in [0.4, 0.5) is 11.4 Å². The molecule has 1 nitrogen and oxygen atoms in total. The van der Waals surface area contributed by atoms with Gasteiger partial charge in [-0.15, -0.1) is 0 Å². The van der Waals surface area contributed by atoms with Gasteiger partial charge in [0.2, 0.25) is 0 Å². The molecule has 2 aliphatic carbocycles. The number of fused-ring (bicyclic) bond motifs is 1. The lowest BCUT2D eigenvalue weighted by Gasteiger charge is -2.30. The Balaban J connectivity index is 1.23. The van der Waals surface area contributed by atoms with Gasteiger partial charge >= 0.3 is 0 Å². The van der Waals surface area contributed by atoms with Crippen LogP contribution in [-0.4, -0.2) is 0 Å². The predicted molar refractivity (Wildman–Crippen MR) is 229 cm³/mol. The monoisotopic (exact) mass is 687 g/mol. The van der Waals surface area contributed by atoms with Gasteiger partial charge in [-0.05, 0) is 120 Å². The summed E-state index contributed by atoms with van der Waals surface area (Å²) >= 11 is 0. The molecular weight excluding hydrogens is 639 g/mol. The molecule has 7 rings (SSSR count). The van der Waals surface area contributed by atoms with Crippen LogP contribution in [0.3, 0.4) is 0 Å². The second-order valence-electron chi connectivity index (χ2n) is 13.9. The first-order valence-corrected chi connectivity index (χ1v) is 19.0. The average molecular weight is 688 g/mol. The summed E-state index contributed by atoms with van der Waals surface area (Å²) in [5, 5.41) is 0. The Morgan fingerprint density at radius 1 is 0.736 bits per heavy atom. The summed E-state index contributed by atoms with van der Waals surface area (Å²) in [5.74, 6) is 0.758. The normalized spacial score (nSPS) is 17.3. The highest BCUT2D eigenvalue weighted by Crippen LogP contribution is 2.39. The second-order valence-corrected chi connectivity index (χ2v) is 13.9. The summed E-state index contributed by atoms with van der Waals surface area (Å²) in [6.07, 6.45) is 28.0. The molecule has 0 aromatic heterocycles. The van der Waals surface area contributed by atoms with E-state index in [-0.39, 0.29) is 0 Å². The average Bonchev–Trinajstić information content (AvgIpc) is 3.23. The number of hydrogen-bond acceptors (Lipinski definition) is 1. The molecule has 0 heterocycles. The molecule has 0 radical (unpaired) electrons. The van der Waals surface area contributed by atoms with Crippen LogP contribution < -0.4 is 4.90 Å². The molecule has 0 saturated heterocycles. The maximum atomic E-state index is 2.42. The molecule has 2 unspecified atom stereocenters. The maximum absolute atomic E-state index is 2.42. The van der Waals surface area contributed by atoms with Crippen LogP contribution in [0.5, 0.6) is 0 Å². The summed E-state index contributed by atoms with van der Waals surface area (Å²) in [5.41, 5.74) is 15.2. The lowest BCUT2D eigenvalue weighted by atomic mass is 9.81. The molecule has 262 valence electrons. The molecule has 5 aromatic rings. The third kappa shape index (κ3) is 8.27. The molecule has 2 aliphatic rings. The fourth-order valence-corrected chi connectivity index (χ4v) is 7.67. The van der Waals surface area contributed by atoms with Crippen molar-refractivity contribution in [1.82, 2.24) is 0 Å². The Bertz CT molecular complexity index is 2220. The first kappa shape index (κ1) is 35.5. The molecule has 0 fully saturated rings. The van der Waals surface area contributed by atoms with E-state index in [1.54, 1.807) is 0 Å². The van der Waals surface area contributed by atoms with Crippen LogP contribution >= 0.6 is 0 Å². The van der Waals surface area contributed by atoms with Gasteiger partial charge in [0.25, 0.3) is 0 Å². The van der Waals surface area contributed by atoms with Crippen LogP contribution in [0, 0.1) is 0 Å². The third-order valence-electron chi connectivity index (χ3n) is 10.5. The highest BCUT2D eigenvalue weighted by Gasteiger charge is 2.21. The first-order chi connectivity index (χ1) is 26.1. The lowest BCUT2D eigenvalue weighted by molar-refractivity contribution is 0.815. The molecule has 1 heteroatoms. The van der Waals surface area contributed by atoms with E-state index < -0.39 is 0 Å². The van der Waals surface area contributed by atoms with Gasteiger partial charge in [-0.25, -0.2) is 0 Å². The van der Waals surface area contributed by atoms with Crippen molar-refractivity contribution in [3.05, 3.63) is 227 Å². The van der Waals surface area contributed by atoms with E-state index in [4.69, 9.17) is 0 Å². The highest BCUT2D eigenvalue weighted by molar-refractivity contribution is 5.78. The molecule has 2 atom stereocenters. The number of hydrogen-bond donors (Lipinski definition) is 0. The fourth-order valence-electron chi connectivity index (χ4n) is 7.67. The lowest BCUT2D eigenvalue weighted by Crippen LogP contribution is -2.17. The van der Waals surface area contributed by atoms with Crippen molar-refractivity contribution >= 4 is 23.0 Å². The standard InChI is InChI=1S/C52H49N/c1-4-6-17-39(3)52-38-49(37-32-46(52)24-15-23-40(5-2)50-27-16-25-45-22-13-14-26-51(45)50)53(47-33-28-43(29-34-47)41-18-9-7-10-19-41)48-35-30-44(31-36-48)42-20-11-8-12-21-42/h4-23,25-26,28-30,32-38,44,50H,24,27,31H2,1-3H3/b6-4-,23-15-,39-17+,40-5+. The van der Waals surface area contributed by atoms with Crippen molar-refractivity contribution < 1.29 is 0 Å². The van der Waals surface area contributed by atoms with E-state index in [0.29, 0.717) is 11.8 Å². The number of benzene rings is 5. The fraction of sp³-hybridized carbons (Fsp3) is 0.154. The van der Waals surface area contributed by atoms with Crippen molar-refractivity contribution in [2.45, 2.75) is 51.9 Å². The van der Waals surface area contributed by atoms with E-state index in [1.807, 2.05) is 0 Å². The minimum Gasteiger partial charge on any atom is -0.311 e. The van der Waals surface area contributed by atoms with Gasteiger partial charge in [0.05, 0.1) is 0 Å². The Labute approximate surface area is 317 Å². The molecule has 5 aromatic carbocycles. The molecule has 0 N–H and O–H groups in total. The van der Waals surface area contributed by atoms with E-state index in [2.05, 4.69) is 220 Å². The Hall–Kier alpha value is -5.92. The molecule has 0 spiro atoms. The first-order valence-electron chi connectivity index (χ1n) is 19.0. The van der Waals surface area contributed by atoms with Gasteiger partial charge < -0.3 is 4.90 Å². The van der Waals surface area contributed by atoms with E-state index in [1.165, 1.54) is 55.8 Å². The van der Waals surface area contributed by atoms with Gasteiger partial charge in [0.1, 0.15) is 0 Å². The van der Waals surface area contributed by atoms with E-state index in [9.17, 15) is 0 Å². The highest BCUT2D eigenvalue weighted by atomic mass is 15.1. The molecule has 0 saturated carbocycles. The minimum atomic E-state index is 0.373. The Morgan fingerprint density at radius 3 is 2.19 bits per heavy atom. The summed E-state index contributed by atoms with van der Waals surface area (Å²) in [6, 6.07) is 46.3. The zero-order valence-electron chi connectivity index (χ0n) is 31.2. The van der Waals surface area contributed by atoms with Gasteiger partial charge in [-0.2, -0.15) is 0 Å². The number of nitrogens with zero attached hydrogens (tertiary/aromatic N) is 1. The molecule has 0 bridgehead atoms. The zero-order valence-corrected chi connectivity index (χ0v) is 31.2. The van der Waals surface area contributed by atoms with E-state index >= 15 is 0 Å².